The summed E-state index contributed by atoms with van der Waals surface area (Å²) in [6, 6.07) is 3.38. The number of aromatic nitrogens is 1. The molecule has 0 saturated heterocycles. The molecule has 90 valence electrons. The van der Waals surface area contributed by atoms with Gasteiger partial charge in [-0.25, -0.2) is 4.79 Å². The van der Waals surface area contributed by atoms with Gasteiger partial charge in [-0.05, 0) is 19.8 Å². The Balaban J connectivity index is 2.85. The molecule has 0 radical (unpaired) electrons. The van der Waals surface area contributed by atoms with Crippen molar-refractivity contribution < 1.29 is 9.90 Å². The Hall–Kier alpha value is -2.09. The van der Waals surface area contributed by atoms with Crippen molar-refractivity contribution in [3.8, 4) is 6.07 Å². The molecule has 1 aromatic rings. The van der Waals surface area contributed by atoms with Gasteiger partial charge < -0.3 is 9.67 Å². The highest BCUT2D eigenvalue weighted by Crippen LogP contribution is 2.04. The van der Waals surface area contributed by atoms with Crippen LogP contribution in [-0.4, -0.2) is 15.6 Å². The minimum atomic E-state index is -1.21. The van der Waals surface area contributed by atoms with Gasteiger partial charge in [-0.2, -0.15) is 5.26 Å². The van der Waals surface area contributed by atoms with E-state index in [0.717, 1.165) is 18.5 Å². The average Bonchev–Trinajstić information content (AvgIpc) is 2.26. The number of carboxylic acid groups (broad SMARTS) is 1. The van der Waals surface area contributed by atoms with E-state index < -0.39 is 11.4 Å². The lowest BCUT2D eigenvalue weighted by molar-refractivity contribution is 0.0694. The van der Waals surface area contributed by atoms with Crippen molar-refractivity contribution in [3.05, 3.63) is 33.7 Å². The number of aryl methyl sites for hydroxylation is 2. The Morgan fingerprint density at radius 3 is 2.82 bits per heavy atom. The third kappa shape index (κ3) is 3.45. The van der Waals surface area contributed by atoms with Crippen molar-refractivity contribution >= 4 is 5.97 Å². The summed E-state index contributed by atoms with van der Waals surface area (Å²) < 4.78 is 1.74. The largest absolute Gasteiger partial charge is 0.477 e. The van der Waals surface area contributed by atoms with E-state index in [1.807, 2.05) is 0 Å². The maximum absolute atomic E-state index is 11.4. The van der Waals surface area contributed by atoms with Crippen molar-refractivity contribution in [2.24, 2.45) is 0 Å². The molecule has 1 aromatic heterocycles. The molecule has 0 aliphatic rings. The Morgan fingerprint density at radius 1 is 1.53 bits per heavy atom. The number of aromatic carboxylic acids is 1. The molecule has 0 unspecified atom stereocenters. The molecular weight excluding hydrogens is 220 g/mol. The zero-order valence-corrected chi connectivity index (χ0v) is 9.64. The van der Waals surface area contributed by atoms with Crippen LogP contribution in [-0.2, 0) is 6.54 Å². The zero-order chi connectivity index (χ0) is 12.8. The number of carboxylic acids is 1. The van der Waals surface area contributed by atoms with Gasteiger partial charge in [-0.15, -0.1) is 0 Å². The Bertz CT molecular complexity index is 511. The van der Waals surface area contributed by atoms with Gasteiger partial charge >= 0.3 is 5.97 Å². The van der Waals surface area contributed by atoms with Crippen molar-refractivity contribution in [3.63, 3.8) is 0 Å². The third-order valence-electron chi connectivity index (χ3n) is 2.51. The van der Waals surface area contributed by atoms with Crippen LogP contribution in [0.15, 0.2) is 17.1 Å². The Labute approximate surface area is 98.9 Å². The monoisotopic (exact) mass is 234 g/mol. The molecule has 1 heterocycles. The van der Waals surface area contributed by atoms with Gasteiger partial charge in [0.1, 0.15) is 5.56 Å². The van der Waals surface area contributed by atoms with E-state index in [2.05, 4.69) is 6.07 Å². The smallest absolute Gasteiger partial charge is 0.341 e. The number of pyridine rings is 1. The second-order valence-corrected chi connectivity index (χ2v) is 3.81. The number of nitriles is 1. The van der Waals surface area contributed by atoms with Gasteiger partial charge in [0, 0.05) is 30.9 Å². The number of nitrogens with zero attached hydrogens (tertiary/aromatic N) is 2. The number of unbranched alkanes of at least 4 members (excludes halogenated alkanes) is 2. The number of hydrogen-bond donors (Lipinski definition) is 1. The van der Waals surface area contributed by atoms with Crippen LogP contribution in [0.4, 0.5) is 0 Å². The second-order valence-electron chi connectivity index (χ2n) is 3.81. The van der Waals surface area contributed by atoms with Crippen LogP contribution in [0.2, 0.25) is 0 Å². The van der Waals surface area contributed by atoms with Crippen LogP contribution in [0.1, 0.15) is 35.3 Å². The van der Waals surface area contributed by atoms with Gasteiger partial charge in [0.2, 0.25) is 0 Å². The highest BCUT2D eigenvalue weighted by molar-refractivity contribution is 5.87. The summed E-state index contributed by atoms with van der Waals surface area (Å²) in [5.41, 5.74) is 0.0520. The molecule has 0 saturated carbocycles. The molecule has 1 rings (SSSR count). The van der Waals surface area contributed by atoms with E-state index in [4.69, 9.17) is 10.4 Å². The minimum Gasteiger partial charge on any atom is -0.477 e. The van der Waals surface area contributed by atoms with Crippen LogP contribution in [0.5, 0.6) is 0 Å². The van der Waals surface area contributed by atoms with E-state index in [1.165, 1.54) is 12.3 Å². The third-order valence-corrected chi connectivity index (χ3v) is 2.51. The zero-order valence-electron chi connectivity index (χ0n) is 9.64. The van der Waals surface area contributed by atoms with Crippen molar-refractivity contribution in [1.29, 1.82) is 5.26 Å². The average molecular weight is 234 g/mol. The van der Waals surface area contributed by atoms with E-state index in [0.29, 0.717) is 13.0 Å². The summed E-state index contributed by atoms with van der Waals surface area (Å²) in [4.78, 5) is 22.2. The van der Waals surface area contributed by atoms with E-state index in [1.54, 1.807) is 11.5 Å². The number of rotatable bonds is 5. The first kappa shape index (κ1) is 13.0. The van der Waals surface area contributed by atoms with Gasteiger partial charge in [0.15, 0.2) is 5.43 Å². The molecule has 0 amide bonds. The van der Waals surface area contributed by atoms with E-state index in [-0.39, 0.29) is 5.56 Å². The van der Waals surface area contributed by atoms with Crippen molar-refractivity contribution in [2.75, 3.05) is 0 Å². The van der Waals surface area contributed by atoms with E-state index >= 15 is 0 Å². The number of carbonyl (C=O) groups is 1. The lowest BCUT2D eigenvalue weighted by Crippen LogP contribution is -2.19. The molecule has 0 atom stereocenters. The maximum atomic E-state index is 11.4. The molecule has 0 bridgehead atoms. The van der Waals surface area contributed by atoms with E-state index in [9.17, 15) is 9.59 Å². The first-order valence-corrected chi connectivity index (χ1v) is 5.37. The van der Waals surface area contributed by atoms with Gasteiger partial charge in [-0.1, -0.05) is 0 Å². The minimum absolute atomic E-state index is 0.212. The maximum Gasteiger partial charge on any atom is 0.341 e. The molecule has 17 heavy (non-hydrogen) atoms. The first-order valence-electron chi connectivity index (χ1n) is 5.37. The lowest BCUT2D eigenvalue weighted by atomic mass is 10.2. The summed E-state index contributed by atoms with van der Waals surface area (Å²) in [6.07, 6.45) is 3.41. The fourth-order valence-corrected chi connectivity index (χ4v) is 1.56. The van der Waals surface area contributed by atoms with Crippen LogP contribution in [0.25, 0.3) is 0 Å². The van der Waals surface area contributed by atoms with Crippen LogP contribution in [0.3, 0.4) is 0 Å². The van der Waals surface area contributed by atoms with Crippen LogP contribution < -0.4 is 5.43 Å². The molecule has 0 aromatic carbocycles. The quantitative estimate of drug-likeness (QED) is 0.783. The number of hydrogen-bond acceptors (Lipinski definition) is 3. The molecular formula is C12H14N2O3. The topological polar surface area (TPSA) is 83.1 Å². The highest BCUT2D eigenvalue weighted by atomic mass is 16.4. The highest BCUT2D eigenvalue weighted by Gasteiger charge is 2.10. The molecule has 0 aliphatic carbocycles. The Morgan fingerprint density at radius 2 is 2.24 bits per heavy atom. The van der Waals surface area contributed by atoms with Crippen LogP contribution >= 0.6 is 0 Å². The predicted molar refractivity (Wildman–Crippen MR) is 61.9 cm³/mol. The van der Waals surface area contributed by atoms with Gasteiger partial charge in [0.25, 0.3) is 0 Å². The SMILES string of the molecule is Cc1cc(=O)c(C(=O)O)cn1CCCCC#N. The molecule has 0 spiro atoms. The standard InChI is InChI=1S/C12H14N2O3/c1-9-7-11(15)10(12(16)17)8-14(9)6-4-2-3-5-13/h7-8H,2-4,6H2,1H3,(H,16,17). The van der Waals surface area contributed by atoms with Crippen molar-refractivity contribution in [1.82, 2.24) is 4.57 Å². The summed E-state index contributed by atoms with van der Waals surface area (Å²) in [7, 11) is 0. The van der Waals surface area contributed by atoms with Crippen molar-refractivity contribution in [2.45, 2.75) is 32.7 Å². The summed E-state index contributed by atoms with van der Waals surface area (Å²) in [5, 5.41) is 17.2. The van der Waals surface area contributed by atoms with Gasteiger partial charge in [-0.3, -0.25) is 4.79 Å². The normalized spacial score (nSPS) is 9.88. The molecule has 5 heteroatoms. The molecule has 0 fully saturated rings. The summed E-state index contributed by atoms with van der Waals surface area (Å²) >= 11 is 0. The first-order chi connectivity index (χ1) is 8.06. The summed E-state index contributed by atoms with van der Waals surface area (Å²) in [6.45, 7) is 2.38. The Kier molecular flexibility index (Phi) is 4.46. The van der Waals surface area contributed by atoms with Crippen LogP contribution in [0, 0.1) is 18.3 Å². The second kappa shape index (κ2) is 5.85. The molecule has 5 nitrogen and oxygen atoms in total. The lowest BCUT2D eigenvalue weighted by Gasteiger charge is -2.10. The fraction of sp³-hybridized carbons (Fsp3) is 0.417. The van der Waals surface area contributed by atoms with Gasteiger partial charge in [0.05, 0.1) is 6.07 Å². The predicted octanol–water partition coefficient (Wildman–Crippen LogP) is 1.55. The molecule has 0 aliphatic heterocycles. The fourth-order valence-electron chi connectivity index (χ4n) is 1.56. The summed E-state index contributed by atoms with van der Waals surface area (Å²) in [5.74, 6) is -1.21. The molecule has 1 N–H and O–H groups in total.